The number of nitrogens with zero attached hydrogens (tertiary/aromatic N) is 2. The molecule has 2 rings (SSSR count). The maximum Gasteiger partial charge on any atom is 0.434 e. The fraction of sp³-hybridized carbons (Fsp3) is 0.353. The lowest BCUT2D eigenvalue weighted by molar-refractivity contribution is -0.352. The number of hydrogen-bond donors (Lipinski definition) is 0. The molecule has 0 aliphatic carbocycles. The Kier molecular flexibility index (Phi) is 5.45. The topological polar surface area (TPSA) is 36.3 Å². The summed E-state index contributed by atoms with van der Waals surface area (Å²) in [6, 6.07) is 4.62. The van der Waals surface area contributed by atoms with E-state index in [1.54, 1.807) is 6.07 Å². The van der Waals surface area contributed by atoms with E-state index in [1.165, 1.54) is 31.4 Å². The molecular formula is C17H13F7N2O. The van der Waals surface area contributed by atoms with Gasteiger partial charge in [0.25, 0.3) is 0 Å². The summed E-state index contributed by atoms with van der Waals surface area (Å²) in [7, 11) is 1.38. The van der Waals surface area contributed by atoms with E-state index >= 15 is 0 Å². The number of methoxy groups -OCH3 is 1. The standard InChI is InChI=1S/C17H13F7N2O/c1-27-13-5-2-11(3-6-13)9-26-10-12(8-25)4-7-14(26)15(18,16(19,20)21)17(22,23)24/h2-7,10,14H,9H2,1H3. The van der Waals surface area contributed by atoms with Crippen LogP contribution in [0.15, 0.2) is 48.2 Å². The van der Waals surface area contributed by atoms with E-state index < -0.39 is 30.6 Å². The minimum atomic E-state index is -6.21. The number of hydrogen-bond acceptors (Lipinski definition) is 3. The molecule has 10 heteroatoms. The molecule has 0 bridgehead atoms. The fourth-order valence-corrected chi connectivity index (χ4v) is 2.62. The van der Waals surface area contributed by atoms with Crippen LogP contribution in [0.3, 0.4) is 0 Å². The number of halogens is 7. The van der Waals surface area contributed by atoms with E-state index in [4.69, 9.17) is 10.00 Å². The predicted octanol–water partition coefficient (Wildman–Crippen LogP) is 4.68. The summed E-state index contributed by atoms with van der Waals surface area (Å²) >= 11 is 0. The van der Waals surface area contributed by atoms with Crippen molar-refractivity contribution in [1.29, 1.82) is 5.26 Å². The molecule has 1 unspecified atom stereocenters. The second-order valence-electron chi connectivity index (χ2n) is 5.73. The molecular weight excluding hydrogens is 381 g/mol. The molecule has 0 N–H and O–H groups in total. The molecule has 1 aliphatic heterocycles. The Morgan fingerprint density at radius 3 is 2.04 bits per heavy atom. The number of rotatable bonds is 4. The van der Waals surface area contributed by atoms with Crippen molar-refractivity contribution in [2.45, 2.75) is 30.6 Å². The van der Waals surface area contributed by atoms with Crippen LogP contribution in [0.1, 0.15) is 5.56 Å². The molecule has 0 amide bonds. The van der Waals surface area contributed by atoms with Gasteiger partial charge in [-0.2, -0.15) is 31.6 Å². The van der Waals surface area contributed by atoms with Crippen molar-refractivity contribution in [3.63, 3.8) is 0 Å². The van der Waals surface area contributed by atoms with Gasteiger partial charge in [-0.25, -0.2) is 4.39 Å². The van der Waals surface area contributed by atoms with Gasteiger partial charge in [0.1, 0.15) is 17.9 Å². The average Bonchev–Trinajstić information content (AvgIpc) is 2.59. The van der Waals surface area contributed by atoms with Crippen LogP contribution in [0.25, 0.3) is 0 Å². The summed E-state index contributed by atoms with van der Waals surface area (Å²) in [6.07, 6.45) is -10.5. The monoisotopic (exact) mass is 394 g/mol. The van der Waals surface area contributed by atoms with Gasteiger partial charge in [0.05, 0.1) is 12.7 Å². The first-order valence-corrected chi connectivity index (χ1v) is 7.45. The molecule has 0 aromatic heterocycles. The summed E-state index contributed by atoms with van der Waals surface area (Å²) < 4.78 is 98.1. The molecule has 0 spiro atoms. The molecule has 1 aromatic carbocycles. The second-order valence-corrected chi connectivity index (χ2v) is 5.73. The third-order valence-electron chi connectivity index (χ3n) is 4.01. The zero-order valence-corrected chi connectivity index (χ0v) is 13.8. The van der Waals surface area contributed by atoms with Gasteiger partial charge in [-0.05, 0) is 23.8 Å². The Bertz CT molecular complexity index is 758. The Balaban J connectivity index is 2.47. The lowest BCUT2D eigenvalue weighted by atomic mass is 9.90. The summed E-state index contributed by atoms with van der Waals surface area (Å²) in [6.45, 7) is -0.484. The lowest BCUT2D eigenvalue weighted by Crippen LogP contribution is -2.64. The number of ether oxygens (including phenoxy) is 1. The van der Waals surface area contributed by atoms with Gasteiger partial charge in [0, 0.05) is 12.7 Å². The number of alkyl halides is 7. The highest BCUT2D eigenvalue weighted by molar-refractivity contribution is 5.38. The summed E-state index contributed by atoms with van der Waals surface area (Å²) in [5.74, 6) is 0.424. The molecule has 3 nitrogen and oxygen atoms in total. The summed E-state index contributed by atoms with van der Waals surface area (Å²) in [4.78, 5) is 0.515. The molecule has 0 saturated carbocycles. The Hall–Kier alpha value is -2.70. The van der Waals surface area contributed by atoms with E-state index in [0.29, 0.717) is 22.3 Å². The van der Waals surface area contributed by atoms with Gasteiger partial charge in [-0.15, -0.1) is 0 Å². The summed E-state index contributed by atoms with van der Waals surface area (Å²) in [5.41, 5.74) is -5.41. The SMILES string of the molecule is COc1ccc(CN2C=C(C#N)C=CC2C(F)(C(F)(F)F)C(F)(F)F)cc1. The quantitative estimate of drug-likeness (QED) is 0.696. The second kappa shape index (κ2) is 7.13. The van der Waals surface area contributed by atoms with Gasteiger partial charge in [-0.1, -0.05) is 18.2 Å². The Morgan fingerprint density at radius 1 is 1.04 bits per heavy atom. The van der Waals surface area contributed by atoms with Crippen molar-refractivity contribution >= 4 is 0 Å². The highest BCUT2D eigenvalue weighted by atomic mass is 19.4. The van der Waals surface area contributed by atoms with Crippen LogP contribution < -0.4 is 4.74 Å². The van der Waals surface area contributed by atoms with Crippen molar-refractivity contribution in [3.8, 4) is 11.8 Å². The minimum Gasteiger partial charge on any atom is -0.497 e. The van der Waals surface area contributed by atoms with Crippen LogP contribution in [-0.4, -0.2) is 36.1 Å². The molecule has 1 atom stereocenters. The minimum absolute atomic E-state index is 0.202. The van der Waals surface area contributed by atoms with Crippen LogP contribution in [0, 0.1) is 11.3 Å². The highest BCUT2D eigenvalue weighted by Gasteiger charge is 2.76. The average molecular weight is 394 g/mol. The van der Waals surface area contributed by atoms with Crippen LogP contribution in [0.2, 0.25) is 0 Å². The maximum absolute atomic E-state index is 14.5. The van der Waals surface area contributed by atoms with E-state index in [1.807, 2.05) is 0 Å². The molecule has 27 heavy (non-hydrogen) atoms. The first kappa shape index (κ1) is 20.6. The van der Waals surface area contributed by atoms with Crippen molar-refractivity contribution in [2.75, 3.05) is 7.11 Å². The smallest absolute Gasteiger partial charge is 0.434 e. The van der Waals surface area contributed by atoms with Crippen LogP contribution in [-0.2, 0) is 6.54 Å². The van der Waals surface area contributed by atoms with Crippen molar-refractivity contribution in [2.24, 2.45) is 0 Å². The van der Waals surface area contributed by atoms with Gasteiger partial charge in [0.15, 0.2) is 0 Å². The van der Waals surface area contributed by atoms with Crippen LogP contribution in [0.5, 0.6) is 5.75 Å². The van der Waals surface area contributed by atoms with Gasteiger partial charge in [0.2, 0.25) is 0 Å². The van der Waals surface area contributed by atoms with Gasteiger partial charge < -0.3 is 9.64 Å². The van der Waals surface area contributed by atoms with E-state index in [0.717, 1.165) is 12.3 Å². The highest BCUT2D eigenvalue weighted by Crippen LogP contribution is 2.51. The molecule has 1 heterocycles. The normalized spacial score (nSPS) is 18.1. The third kappa shape index (κ3) is 3.86. The Labute approximate surface area is 149 Å². The molecule has 1 aromatic rings. The number of benzene rings is 1. The summed E-state index contributed by atoms with van der Waals surface area (Å²) in [5, 5.41) is 8.90. The molecule has 0 saturated heterocycles. The van der Waals surface area contributed by atoms with Crippen LogP contribution >= 0.6 is 0 Å². The first-order valence-electron chi connectivity index (χ1n) is 7.45. The third-order valence-corrected chi connectivity index (χ3v) is 4.01. The Morgan fingerprint density at radius 2 is 1.59 bits per heavy atom. The van der Waals surface area contributed by atoms with Gasteiger partial charge in [-0.3, -0.25) is 0 Å². The zero-order valence-electron chi connectivity index (χ0n) is 13.8. The maximum atomic E-state index is 14.5. The molecule has 1 aliphatic rings. The zero-order chi connectivity index (χ0) is 20.5. The molecule has 0 radical (unpaired) electrons. The van der Waals surface area contributed by atoms with Crippen molar-refractivity contribution in [3.05, 3.63) is 53.8 Å². The predicted molar refractivity (Wildman–Crippen MR) is 81.1 cm³/mol. The molecule has 0 fully saturated rings. The number of nitriles is 1. The largest absolute Gasteiger partial charge is 0.497 e. The fourth-order valence-electron chi connectivity index (χ4n) is 2.62. The van der Waals surface area contributed by atoms with Crippen molar-refractivity contribution < 1.29 is 35.5 Å². The van der Waals surface area contributed by atoms with E-state index in [9.17, 15) is 30.7 Å². The van der Waals surface area contributed by atoms with E-state index in [2.05, 4.69) is 0 Å². The van der Waals surface area contributed by atoms with Crippen molar-refractivity contribution in [1.82, 2.24) is 4.90 Å². The number of allylic oxidation sites excluding steroid dienone is 2. The molecule has 146 valence electrons. The first-order chi connectivity index (χ1) is 12.4. The van der Waals surface area contributed by atoms with Crippen LogP contribution in [0.4, 0.5) is 30.7 Å². The lowest BCUT2D eigenvalue weighted by Gasteiger charge is -2.42. The van der Waals surface area contributed by atoms with Gasteiger partial charge >= 0.3 is 18.0 Å². The van der Waals surface area contributed by atoms with E-state index in [-0.39, 0.29) is 5.57 Å².